The molecule has 0 saturated carbocycles. The van der Waals surface area contributed by atoms with E-state index in [-0.39, 0.29) is 6.04 Å². The first-order valence-corrected chi connectivity index (χ1v) is 7.68. The second-order valence-corrected chi connectivity index (χ2v) is 5.95. The number of nitrogens with zero attached hydrogens (tertiary/aromatic N) is 3. The van der Waals surface area contributed by atoms with Gasteiger partial charge >= 0.3 is 0 Å². The lowest BCUT2D eigenvalue weighted by atomic mass is 10.1. The van der Waals surface area contributed by atoms with Gasteiger partial charge in [-0.2, -0.15) is 10.2 Å². The highest BCUT2D eigenvalue weighted by Gasteiger charge is 2.19. The van der Waals surface area contributed by atoms with E-state index >= 15 is 0 Å². The molecule has 3 rings (SSSR count). The van der Waals surface area contributed by atoms with Gasteiger partial charge in [-0.1, -0.05) is 17.7 Å². The summed E-state index contributed by atoms with van der Waals surface area (Å²) < 4.78 is 5.23. The zero-order chi connectivity index (χ0) is 15.5. The van der Waals surface area contributed by atoms with Crippen molar-refractivity contribution in [3.63, 3.8) is 0 Å². The van der Waals surface area contributed by atoms with E-state index in [4.69, 9.17) is 22.1 Å². The molecule has 0 radical (unpaired) electrons. The lowest BCUT2D eigenvalue weighted by Crippen LogP contribution is -2.26. The molecule has 1 aliphatic rings. The Morgan fingerprint density at radius 1 is 1.32 bits per heavy atom. The minimum Gasteiger partial charge on any atom is -0.495 e. The van der Waals surface area contributed by atoms with E-state index in [1.807, 2.05) is 24.3 Å². The molecule has 0 bridgehead atoms. The van der Waals surface area contributed by atoms with Crippen molar-refractivity contribution in [2.24, 2.45) is 5.73 Å². The summed E-state index contributed by atoms with van der Waals surface area (Å²) in [7, 11) is 1.60. The Morgan fingerprint density at radius 2 is 2.18 bits per heavy atom. The van der Waals surface area contributed by atoms with Gasteiger partial charge in [-0.25, -0.2) is 0 Å². The molecular weight excluding hydrogens is 300 g/mol. The molecule has 5 nitrogen and oxygen atoms in total. The standard InChI is InChI=1S/C16H19ClN4O/c1-22-16-8-11(2-4-14(16)17)15-5-3-13(19-20-15)10-21-7-6-12(18)9-21/h2-5,8,12H,6-7,9-10,18H2,1H3. The largest absolute Gasteiger partial charge is 0.495 e. The molecule has 0 spiro atoms. The number of nitrogens with two attached hydrogens (primary N) is 1. The maximum absolute atomic E-state index is 6.04. The van der Waals surface area contributed by atoms with Gasteiger partial charge in [0.05, 0.1) is 23.5 Å². The molecular formula is C16H19ClN4O. The van der Waals surface area contributed by atoms with Gasteiger partial charge in [-0.3, -0.25) is 4.90 Å². The van der Waals surface area contributed by atoms with Gasteiger partial charge in [0.15, 0.2) is 0 Å². The molecule has 0 amide bonds. The molecule has 2 heterocycles. The molecule has 22 heavy (non-hydrogen) atoms. The molecule has 1 aromatic heterocycles. The van der Waals surface area contributed by atoms with E-state index in [0.717, 1.165) is 43.0 Å². The number of hydrogen-bond acceptors (Lipinski definition) is 5. The third-order valence-electron chi connectivity index (χ3n) is 3.86. The van der Waals surface area contributed by atoms with Crippen LogP contribution in [0.5, 0.6) is 5.75 Å². The number of aromatic nitrogens is 2. The van der Waals surface area contributed by atoms with E-state index in [9.17, 15) is 0 Å². The summed E-state index contributed by atoms with van der Waals surface area (Å²) in [6.45, 7) is 2.75. The van der Waals surface area contributed by atoms with Crippen molar-refractivity contribution in [2.45, 2.75) is 19.0 Å². The average Bonchev–Trinajstić information content (AvgIpc) is 2.94. The number of benzene rings is 1. The summed E-state index contributed by atoms with van der Waals surface area (Å²) in [6.07, 6.45) is 1.05. The first kappa shape index (κ1) is 15.2. The molecule has 1 fully saturated rings. The Bertz CT molecular complexity index is 647. The van der Waals surface area contributed by atoms with E-state index in [2.05, 4.69) is 15.1 Å². The molecule has 1 atom stereocenters. The first-order chi connectivity index (χ1) is 10.7. The van der Waals surface area contributed by atoms with Gasteiger partial charge in [0.1, 0.15) is 5.75 Å². The third-order valence-corrected chi connectivity index (χ3v) is 4.17. The predicted octanol–water partition coefficient (Wildman–Crippen LogP) is 2.34. The molecule has 6 heteroatoms. The summed E-state index contributed by atoms with van der Waals surface area (Å²) >= 11 is 6.04. The normalized spacial score (nSPS) is 18.6. The Hall–Kier alpha value is -1.69. The molecule has 116 valence electrons. The highest BCUT2D eigenvalue weighted by atomic mass is 35.5. The Kier molecular flexibility index (Phi) is 4.57. The predicted molar refractivity (Wildman–Crippen MR) is 86.9 cm³/mol. The van der Waals surface area contributed by atoms with Gasteiger partial charge in [0, 0.05) is 31.2 Å². The smallest absolute Gasteiger partial charge is 0.138 e. The van der Waals surface area contributed by atoms with Crippen LogP contribution in [0, 0.1) is 0 Å². The maximum Gasteiger partial charge on any atom is 0.138 e. The Labute approximate surface area is 135 Å². The van der Waals surface area contributed by atoms with Crippen molar-refractivity contribution in [2.75, 3.05) is 20.2 Å². The van der Waals surface area contributed by atoms with Crippen LogP contribution >= 0.6 is 11.6 Å². The van der Waals surface area contributed by atoms with E-state index in [1.54, 1.807) is 13.2 Å². The van der Waals surface area contributed by atoms with Crippen LogP contribution in [0.4, 0.5) is 0 Å². The number of hydrogen-bond donors (Lipinski definition) is 1. The van der Waals surface area contributed by atoms with Crippen LogP contribution in [0.3, 0.4) is 0 Å². The lowest BCUT2D eigenvalue weighted by Gasteiger charge is -2.14. The van der Waals surface area contributed by atoms with Crippen LogP contribution in [0.2, 0.25) is 5.02 Å². The second-order valence-electron chi connectivity index (χ2n) is 5.54. The van der Waals surface area contributed by atoms with Crippen LogP contribution < -0.4 is 10.5 Å². The molecule has 1 unspecified atom stereocenters. The average molecular weight is 319 g/mol. The van der Waals surface area contributed by atoms with Gasteiger partial charge in [-0.15, -0.1) is 0 Å². The van der Waals surface area contributed by atoms with Crippen molar-refractivity contribution in [3.05, 3.63) is 41.0 Å². The van der Waals surface area contributed by atoms with E-state index in [0.29, 0.717) is 10.8 Å². The van der Waals surface area contributed by atoms with E-state index < -0.39 is 0 Å². The first-order valence-electron chi connectivity index (χ1n) is 7.30. The SMILES string of the molecule is COc1cc(-c2ccc(CN3CCC(N)C3)nn2)ccc1Cl. The van der Waals surface area contributed by atoms with E-state index in [1.165, 1.54) is 0 Å². The topological polar surface area (TPSA) is 64.3 Å². The zero-order valence-corrected chi connectivity index (χ0v) is 13.3. The summed E-state index contributed by atoms with van der Waals surface area (Å²) in [5.41, 5.74) is 8.61. The van der Waals surface area contributed by atoms with Gasteiger partial charge in [-0.05, 0) is 30.7 Å². The van der Waals surface area contributed by atoms with Crippen LogP contribution in [-0.4, -0.2) is 41.3 Å². The highest BCUT2D eigenvalue weighted by Crippen LogP contribution is 2.29. The number of ether oxygens (including phenoxy) is 1. The maximum atomic E-state index is 6.04. The molecule has 1 saturated heterocycles. The summed E-state index contributed by atoms with van der Waals surface area (Å²) in [5, 5.41) is 9.21. The quantitative estimate of drug-likeness (QED) is 0.937. The van der Waals surface area contributed by atoms with Crippen LogP contribution in [0.15, 0.2) is 30.3 Å². The van der Waals surface area contributed by atoms with Crippen molar-refractivity contribution in [1.29, 1.82) is 0 Å². The van der Waals surface area contributed by atoms with Gasteiger partial charge < -0.3 is 10.5 Å². The van der Waals surface area contributed by atoms with Crippen LogP contribution in [0.25, 0.3) is 11.3 Å². The Balaban J connectivity index is 1.73. The minimum atomic E-state index is 0.286. The minimum absolute atomic E-state index is 0.286. The van der Waals surface area contributed by atoms with Gasteiger partial charge in [0.25, 0.3) is 0 Å². The van der Waals surface area contributed by atoms with Crippen molar-refractivity contribution in [3.8, 4) is 17.0 Å². The van der Waals surface area contributed by atoms with Crippen molar-refractivity contribution in [1.82, 2.24) is 15.1 Å². The monoisotopic (exact) mass is 318 g/mol. The molecule has 1 aromatic carbocycles. The highest BCUT2D eigenvalue weighted by molar-refractivity contribution is 6.32. The molecule has 0 aliphatic carbocycles. The summed E-state index contributed by atoms with van der Waals surface area (Å²) in [5.74, 6) is 0.635. The second kappa shape index (κ2) is 6.60. The van der Waals surface area contributed by atoms with Crippen LogP contribution in [0.1, 0.15) is 12.1 Å². The number of halogens is 1. The number of rotatable bonds is 4. The van der Waals surface area contributed by atoms with Crippen LogP contribution in [-0.2, 0) is 6.54 Å². The summed E-state index contributed by atoms with van der Waals surface area (Å²) in [6, 6.07) is 9.85. The fourth-order valence-electron chi connectivity index (χ4n) is 2.65. The van der Waals surface area contributed by atoms with Gasteiger partial charge in [0.2, 0.25) is 0 Å². The van der Waals surface area contributed by atoms with Crippen molar-refractivity contribution >= 4 is 11.6 Å². The zero-order valence-electron chi connectivity index (χ0n) is 12.5. The lowest BCUT2D eigenvalue weighted by molar-refractivity contribution is 0.321. The molecule has 1 aliphatic heterocycles. The molecule has 2 N–H and O–H groups in total. The fourth-order valence-corrected chi connectivity index (χ4v) is 2.85. The summed E-state index contributed by atoms with van der Waals surface area (Å²) in [4.78, 5) is 2.31. The molecule has 2 aromatic rings. The fraction of sp³-hybridized carbons (Fsp3) is 0.375. The third kappa shape index (κ3) is 3.38. The van der Waals surface area contributed by atoms with Crippen molar-refractivity contribution < 1.29 is 4.74 Å². The number of likely N-dealkylation sites (tertiary alicyclic amines) is 1. The number of methoxy groups -OCH3 is 1. The Morgan fingerprint density at radius 3 is 2.82 bits per heavy atom.